The number of benzene rings is 1. The third-order valence-corrected chi connectivity index (χ3v) is 8.08. The second kappa shape index (κ2) is 17.8. The molecule has 0 bridgehead atoms. The van der Waals surface area contributed by atoms with Crippen molar-refractivity contribution >= 4 is 91.0 Å². The molecule has 1 aromatic carbocycles. The van der Waals surface area contributed by atoms with Crippen molar-refractivity contribution in [2.24, 2.45) is 5.16 Å². The van der Waals surface area contributed by atoms with Gasteiger partial charge in [-0.1, -0.05) is 16.8 Å². The number of carbonyl (C=O) groups excluding carboxylic acids is 5. The first-order chi connectivity index (χ1) is 22.0. The summed E-state index contributed by atoms with van der Waals surface area (Å²) in [6.45, 7) is 2.10. The fourth-order valence-corrected chi connectivity index (χ4v) is 5.83. The molecule has 0 spiro atoms. The molecule has 19 nitrogen and oxygen atoms in total. The predicted molar refractivity (Wildman–Crippen MR) is 160 cm³/mol. The Labute approximate surface area is 307 Å². The van der Waals surface area contributed by atoms with Crippen LogP contribution in [-0.2, 0) is 55.2 Å². The summed E-state index contributed by atoms with van der Waals surface area (Å²) in [5, 5.41) is 20.3. The largest absolute Gasteiger partial charge is 1.00 e. The monoisotopic (exact) mass is 760 g/mol. The van der Waals surface area contributed by atoms with Crippen molar-refractivity contribution in [1.29, 1.82) is 0 Å². The number of non-ortho nitro benzene ring substituents is 1. The summed E-state index contributed by atoms with van der Waals surface area (Å²) in [6.07, 6.45) is -1.43. The standard InChI is InChI=1S/C24H24Cl2N6O13S2.Na/c1-11(7-17(35)43-9-13-3-5-14(6-4-13)32(38)39)45-30-18(15-10-46-24(27-15)28-16(34)8-25)22(36)29-19-20(21(26)44-12(2)33)31(23(19)37)47(40,41)42;/h3-6,10-11,19-21H,7-9H2,1-2H3,(H,29,36)(H,27,28,34)(H,40,41,42);/q;+1/p-1/b30-18-;/t11?,19-,20-,21?;/m1./s1. The van der Waals surface area contributed by atoms with E-state index in [4.69, 9.17) is 37.5 Å². The molecule has 1 aliphatic heterocycles. The van der Waals surface area contributed by atoms with Gasteiger partial charge in [-0.25, -0.2) is 17.7 Å². The molecule has 2 heterocycles. The van der Waals surface area contributed by atoms with Gasteiger partial charge in [0.2, 0.25) is 5.91 Å². The molecule has 1 fully saturated rings. The number of nitro groups is 1. The van der Waals surface area contributed by atoms with Gasteiger partial charge in [-0.3, -0.25) is 34.1 Å². The number of rotatable bonds is 15. The zero-order valence-electron chi connectivity index (χ0n) is 25.0. The molecule has 0 aliphatic carbocycles. The van der Waals surface area contributed by atoms with E-state index >= 15 is 0 Å². The van der Waals surface area contributed by atoms with Gasteiger partial charge in [-0.2, -0.15) is 0 Å². The number of alkyl halides is 2. The predicted octanol–water partition coefficient (Wildman–Crippen LogP) is -2.24. The van der Waals surface area contributed by atoms with E-state index in [0.717, 1.165) is 18.3 Å². The molecule has 24 heteroatoms. The summed E-state index contributed by atoms with van der Waals surface area (Å²) >= 11 is 12.3. The van der Waals surface area contributed by atoms with Gasteiger partial charge in [0.25, 0.3) is 17.5 Å². The molecule has 1 aliphatic rings. The van der Waals surface area contributed by atoms with Gasteiger partial charge >= 0.3 is 41.5 Å². The number of hydrogen-bond acceptors (Lipinski definition) is 16. The van der Waals surface area contributed by atoms with Crippen LogP contribution in [0.15, 0.2) is 34.8 Å². The van der Waals surface area contributed by atoms with Crippen LogP contribution in [0.4, 0.5) is 10.8 Å². The van der Waals surface area contributed by atoms with Crippen molar-refractivity contribution < 1.29 is 85.7 Å². The summed E-state index contributed by atoms with van der Waals surface area (Å²) in [7, 11) is -5.44. The zero-order valence-corrected chi connectivity index (χ0v) is 30.1. The van der Waals surface area contributed by atoms with Crippen molar-refractivity contribution in [3.63, 3.8) is 0 Å². The number of thiazole rings is 1. The molecular weight excluding hydrogens is 738 g/mol. The number of nitrogens with one attached hydrogen (secondary N) is 2. The van der Waals surface area contributed by atoms with Crippen LogP contribution in [0.5, 0.6) is 0 Å². The van der Waals surface area contributed by atoms with Crippen molar-refractivity contribution in [3.05, 3.63) is 51.0 Å². The normalized spacial score (nSPS) is 17.1. The third kappa shape index (κ3) is 11.1. The summed E-state index contributed by atoms with van der Waals surface area (Å²) in [4.78, 5) is 80.8. The van der Waals surface area contributed by atoms with Crippen LogP contribution >= 0.6 is 34.5 Å². The second-order valence-corrected chi connectivity index (χ2v) is 12.2. The van der Waals surface area contributed by atoms with Crippen LogP contribution in [0.1, 0.15) is 31.5 Å². The molecule has 48 heavy (non-hydrogen) atoms. The van der Waals surface area contributed by atoms with E-state index in [1.807, 2.05) is 0 Å². The fraction of sp³-hybridized carbons (Fsp3) is 0.375. The number of halogens is 2. The van der Waals surface area contributed by atoms with Crippen LogP contribution in [0.2, 0.25) is 0 Å². The van der Waals surface area contributed by atoms with Crippen LogP contribution in [0.25, 0.3) is 0 Å². The van der Waals surface area contributed by atoms with Gasteiger partial charge in [0.05, 0.1) is 11.3 Å². The number of β-lactam (4-membered cyclic amide) rings is 1. The van der Waals surface area contributed by atoms with E-state index < -0.39 is 86.7 Å². The van der Waals surface area contributed by atoms with Gasteiger partial charge in [0.1, 0.15) is 36.4 Å². The van der Waals surface area contributed by atoms with Gasteiger partial charge < -0.3 is 29.5 Å². The molecule has 2 unspecified atom stereocenters. The Morgan fingerprint density at radius 2 is 1.88 bits per heavy atom. The van der Waals surface area contributed by atoms with Gasteiger partial charge in [-0.15, -0.1) is 22.9 Å². The maximum Gasteiger partial charge on any atom is 1.00 e. The molecule has 4 atom stereocenters. The molecule has 0 saturated carbocycles. The van der Waals surface area contributed by atoms with Crippen molar-refractivity contribution in [2.45, 2.75) is 50.6 Å². The van der Waals surface area contributed by atoms with Gasteiger partial charge in [0, 0.05) is 24.4 Å². The quantitative estimate of drug-likeness (QED) is 0.0284. The third-order valence-electron chi connectivity index (χ3n) is 5.82. The number of anilines is 1. The van der Waals surface area contributed by atoms with Gasteiger partial charge in [-0.05, 0) is 24.6 Å². The number of aromatic nitrogens is 1. The molecule has 2 N–H and O–H groups in total. The van der Waals surface area contributed by atoms with E-state index in [0.29, 0.717) is 5.56 Å². The van der Waals surface area contributed by atoms with Crippen LogP contribution in [0, 0.1) is 10.1 Å². The summed E-state index contributed by atoms with van der Waals surface area (Å²) in [6, 6.07) is 1.65. The summed E-state index contributed by atoms with van der Waals surface area (Å²) < 4.78 is 44.6. The number of oxime groups is 1. The molecule has 3 rings (SSSR count). The van der Waals surface area contributed by atoms with E-state index in [2.05, 4.69) is 20.8 Å². The Hall–Kier alpha value is -3.44. The number of esters is 2. The Kier molecular flexibility index (Phi) is 15.1. The summed E-state index contributed by atoms with van der Waals surface area (Å²) in [5.41, 5.74) is -2.40. The SMILES string of the molecule is CC(=O)OC(Cl)[C@H]1[C@@H](NC(=O)/C(=N\OC(C)CC(=O)OCc2ccc([N+](=O)[O-])cc2)c2csc(NC(=O)CCl)n2)C(=O)N1S(=O)(=O)[O-].[Na+]. The topological polar surface area (TPSA) is 266 Å². The second-order valence-electron chi connectivity index (χ2n) is 9.36. The first-order valence-corrected chi connectivity index (χ1v) is 16.1. The maximum absolute atomic E-state index is 13.3. The molecule has 2 aromatic rings. The first kappa shape index (κ1) is 40.7. The van der Waals surface area contributed by atoms with Crippen LogP contribution in [0.3, 0.4) is 0 Å². The van der Waals surface area contributed by atoms with E-state index in [9.17, 15) is 47.1 Å². The van der Waals surface area contributed by atoms with E-state index in [1.165, 1.54) is 36.6 Å². The maximum atomic E-state index is 13.3. The number of amides is 3. The van der Waals surface area contributed by atoms with E-state index in [1.54, 1.807) is 0 Å². The molecular formula is C24H23Cl2N6NaO13S2. The van der Waals surface area contributed by atoms with Crippen LogP contribution in [-0.4, -0.2) is 92.2 Å². The van der Waals surface area contributed by atoms with E-state index in [-0.39, 0.29) is 57.0 Å². The Morgan fingerprint density at radius 3 is 2.44 bits per heavy atom. The molecule has 1 saturated heterocycles. The molecule has 3 amide bonds. The average Bonchev–Trinajstić information content (AvgIpc) is 3.44. The number of nitrogens with zero attached hydrogens (tertiary/aromatic N) is 4. The van der Waals surface area contributed by atoms with Crippen molar-refractivity contribution in [1.82, 2.24) is 14.6 Å². The zero-order chi connectivity index (χ0) is 35.1. The van der Waals surface area contributed by atoms with Crippen LogP contribution < -0.4 is 40.2 Å². The Morgan fingerprint density at radius 1 is 1.23 bits per heavy atom. The Bertz CT molecular complexity index is 1690. The average molecular weight is 762 g/mol. The minimum absolute atomic E-state index is 0. The minimum Gasteiger partial charge on any atom is -0.731 e. The smallest absolute Gasteiger partial charge is 0.731 e. The summed E-state index contributed by atoms with van der Waals surface area (Å²) in [5.74, 6) is -5.40. The Balaban J connectivity index is 0.00000800. The molecule has 0 radical (unpaired) electrons. The number of ether oxygens (including phenoxy) is 2. The van der Waals surface area contributed by atoms with Crippen molar-refractivity contribution in [3.8, 4) is 0 Å². The minimum atomic E-state index is -5.44. The number of carbonyl (C=O) groups is 5. The molecule has 254 valence electrons. The number of hydrogen-bond donors (Lipinski definition) is 2. The van der Waals surface area contributed by atoms with Crippen molar-refractivity contribution in [2.75, 3.05) is 11.2 Å². The van der Waals surface area contributed by atoms with Gasteiger partial charge in [0.15, 0.2) is 26.7 Å². The molecule has 1 aromatic heterocycles. The first-order valence-electron chi connectivity index (χ1n) is 12.9. The number of nitro benzene ring substituents is 1. The fourth-order valence-electron chi connectivity index (χ4n) is 3.73.